The summed E-state index contributed by atoms with van der Waals surface area (Å²) in [6.07, 6.45) is 4.51. The lowest BCUT2D eigenvalue weighted by Gasteiger charge is -2.08. The third kappa shape index (κ3) is 6.47. The zero-order valence-corrected chi connectivity index (χ0v) is 20.2. The maximum atomic E-state index is 11.9. The quantitative estimate of drug-likeness (QED) is 0.194. The number of nitrogens with two attached hydrogens (primary N) is 1. The van der Waals surface area contributed by atoms with Crippen molar-refractivity contribution in [3.63, 3.8) is 0 Å². The minimum absolute atomic E-state index is 0.0512. The number of hydrogen-bond donors (Lipinski definition) is 1. The van der Waals surface area contributed by atoms with Crippen LogP contribution in [0.5, 0.6) is 0 Å². The van der Waals surface area contributed by atoms with Gasteiger partial charge in [-0.1, -0.05) is 47.6 Å². The number of para-hydroxylation sites is 1. The summed E-state index contributed by atoms with van der Waals surface area (Å²) in [5.74, 6) is 0.880. The number of allylic oxidation sites excluding steroid dienone is 1. The maximum absolute atomic E-state index is 11.9. The van der Waals surface area contributed by atoms with Crippen LogP contribution in [0.15, 0.2) is 87.1 Å². The molecule has 0 amide bonds. The summed E-state index contributed by atoms with van der Waals surface area (Å²) in [4.78, 5) is 9.05. The first kappa shape index (κ1) is 24.6. The molecule has 1 aromatic heterocycles. The van der Waals surface area contributed by atoms with Gasteiger partial charge in [0.05, 0.1) is 21.3 Å². The summed E-state index contributed by atoms with van der Waals surface area (Å²) in [5.41, 5.74) is 7.51. The molecule has 0 unspecified atom stereocenters. The van der Waals surface area contributed by atoms with E-state index in [9.17, 15) is 8.42 Å². The van der Waals surface area contributed by atoms with Crippen molar-refractivity contribution >= 4 is 44.6 Å². The molecule has 2 aromatic carbocycles. The summed E-state index contributed by atoms with van der Waals surface area (Å²) >= 11 is 7.73. The van der Waals surface area contributed by atoms with Gasteiger partial charge < -0.3 is 15.0 Å². The predicted octanol–water partition coefficient (Wildman–Crippen LogP) is 4.61. The predicted molar refractivity (Wildman–Crippen MR) is 131 cm³/mol. The topological polar surface area (TPSA) is 121 Å². The minimum Gasteiger partial charge on any atom is -0.481 e. The van der Waals surface area contributed by atoms with E-state index in [1.54, 1.807) is 36.4 Å². The van der Waals surface area contributed by atoms with Gasteiger partial charge in [-0.25, -0.2) is 13.4 Å². The van der Waals surface area contributed by atoms with E-state index in [0.29, 0.717) is 22.2 Å². The zero-order valence-electron chi connectivity index (χ0n) is 17.9. The van der Waals surface area contributed by atoms with Crippen LogP contribution in [-0.4, -0.2) is 42.7 Å². The van der Waals surface area contributed by atoms with Crippen LogP contribution >= 0.6 is 23.4 Å². The number of nitrogens with zero attached hydrogens (tertiary/aromatic N) is 3. The second-order valence-electron chi connectivity index (χ2n) is 6.75. The second-order valence-corrected chi connectivity index (χ2v) is 9.98. The number of sulfone groups is 1. The van der Waals surface area contributed by atoms with E-state index in [-0.39, 0.29) is 33.8 Å². The Morgan fingerprint density at radius 1 is 1.30 bits per heavy atom. The molecule has 0 radical (unpaired) electrons. The Morgan fingerprint density at radius 2 is 2.06 bits per heavy atom. The van der Waals surface area contributed by atoms with Crippen LogP contribution in [-0.2, 0) is 14.6 Å². The first-order valence-corrected chi connectivity index (χ1v) is 13.1. The highest BCUT2D eigenvalue weighted by molar-refractivity contribution is 7.98. The highest BCUT2D eigenvalue weighted by Gasteiger charge is 2.17. The molecule has 1 heterocycles. The fourth-order valence-electron chi connectivity index (χ4n) is 2.57. The van der Waals surface area contributed by atoms with Crippen molar-refractivity contribution in [2.45, 2.75) is 4.90 Å². The fraction of sp³-hybridized carbons (Fsp3) is 0.136. The van der Waals surface area contributed by atoms with Gasteiger partial charge in [0, 0.05) is 11.8 Å². The number of hydrogen-bond acceptors (Lipinski definition) is 9. The molecule has 8 nitrogen and oxygen atoms in total. The Hall–Kier alpha value is -3.08. The van der Waals surface area contributed by atoms with Crippen LogP contribution in [0.4, 0.5) is 5.69 Å². The molecule has 172 valence electrons. The maximum Gasteiger partial charge on any atom is 0.276 e. The van der Waals surface area contributed by atoms with E-state index in [1.807, 2.05) is 6.26 Å². The van der Waals surface area contributed by atoms with Gasteiger partial charge in [0.15, 0.2) is 9.84 Å². The monoisotopic (exact) mass is 504 g/mol. The van der Waals surface area contributed by atoms with Crippen molar-refractivity contribution in [3.05, 3.63) is 83.6 Å². The van der Waals surface area contributed by atoms with Crippen molar-refractivity contribution in [1.29, 1.82) is 0 Å². The Bertz CT molecular complexity index is 1330. The molecule has 11 heteroatoms. The van der Waals surface area contributed by atoms with E-state index in [2.05, 4.69) is 21.7 Å². The van der Waals surface area contributed by atoms with Crippen LogP contribution in [0.3, 0.4) is 0 Å². The van der Waals surface area contributed by atoms with Gasteiger partial charge >= 0.3 is 0 Å². The van der Waals surface area contributed by atoms with E-state index >= 15 is 0 Å². The molecule has 0 saturated heterocycles. The fourth-order valence-corrected chi connectivity index (χ4v) is 3.67. The number of benzene rings is 2. The molecule has 0 bridgehead atoms. The Morgan fingerprint density at radius 3 is 2.76 bits per heavy atom. The molecular formula is C22H21ClN4O4S2. The first-order valence-electron chi connectivity index (χ1n) is 9.45. The standard InChI is InChI=1S/C22H21ClN4O4S2/c1-14(30-13-32-2)18(24)12-20(25-19-10-5-4-9-17(19)23)22-26-21(27-31-22)15-7-6-8-16(11-15)33(3,28)29/h4-12H,1,13,24H2,2-3H3. The molecule has 3 aromatic rings. The normalized spacial score (nSPS) is 12.6. The van der Waals surface area contributed by atoms with E-state index in [4.69, 9.17) is 26.6 Å². The van der Waals surface area contributed by atoms with Gasteiger partial charge in [0.2, 0.25) is 5.82 Å². The van der Waals surface area contributed by atoms with Crippen LogP contribution in [0.2, 0.25) is 5.02 Å². The van der Waals surface area contributed by atoms with Crippen LogP contribution in [0.1, 0.15) is 5.89 Å². The molecule has 3 rings (SSSR count). The van der Waals surface area contributed by atoms with Crippen molar-refractivity contribution in [2.75, 3.05) is 18.5 Å². The van der Waals surface area contributed by atoms with Crippen molar-refractivity contribution < 1.29 is 17.7 Å². The van der Waals surface area contributed by atoms with Crippen LogP contribution in [0.25, 0.3) is 11.4 Å². The van der Waals surface area contributed by atoms with Crippen molar-refractivity contribution in [3.8, 4) is 11.4 Å². The number of rotatable bonds is 9. The van der Waals surface area contributed by atoms with Gasteiger partial charge in [-0.05, 0) is 36.6 Å². The smallest absolute Gasteiger partial charge is 0.276 e. The highest BCUT2D eigenvalue weighted by Crippen LogP contribution is 2.26. The second kappa shape index (κ2) is 10.7. The number of halogens is 1. The van der Waals surface area contributed by atoms with Gasteiger partial charge in [-0.2, -0.15) is 4.98 Å². The Kier molecular flexibility index (Phi) is 7.96. The van der Waals surface area contributed by atoms with Gasteiger partial charge in [-0.3, -0.25) is 0 Å². The van der Waals surface area contributed by atoms with E-state index in [1.165, 1.54) is 30.0 Å². The summed E-state index contributed by atoms with van der Waals surface area (Å²) in [6, 6.07) is 13.2. The van der Waals surface area contributed by atoms with Gasteiger partial charge in [-0.15, -0.1) is 11.8 Å². The third-order valence-electron chi connectivity index (χ3n) is 4.22. The van der Waals surface area contributed by atoms with Gasteiger partial charge in [0.25, 0.3) is 5.89 Å². The number of aliphatic imine (C=N–C) groups is 1. The van der Waals surface area contributed by atoms with Gasteiger partial charge in [0.1, 0.15) is 17.4 Å². The SMILES string of the molecule is C=C(OCSC)C(N)=CC(=Nc1ccccc1Cl)c1nc(-c2cccc(S(C)(=O)=O)c2)no1. The molecule has 0 aliphatic heterocycles. The average molecular weight is 505 g/mol. The third-order valence-corrected chi connectivity index (χ3v) is 6.01. The largest absolute Gasteiger partial charge is 0.481 e. The lowest BCUT2D eigenvalue weighted by atomic mass is 10.2. The highest BCUT2D eigenvalue weighted by atomic mass is 35.5. The molecule has 0 fully saturated rings. The lowest BCUT2D eigenvalue weighted by Crippen LogP contribution is -2.08. The molecular weight excluding hydrogens is 484 g/mol. The summed E-state index contributed by atoms with van der Waals surface area (Å²) in [5, 5.41) is 4.39. The summed E-state index contributed by atoms with van der Waals surface area (Å²) < 4.78 is 34.6. The van der Waals surface area contributed by atoms with Crippen LogP contribution < -0.4 is 5.73 Å². The molecule has 0 spiro atoms. The number of thioether (sulfide) groups is 1. The molecule has 0 atom stereocenters. The Balaban J connectivity index is 2.05. The van der Waals surface area contributed by atoms with E-state index in [0.717, 1.165) is 6.26 Å². The Labute approximate surface area is 201 Å². The summed E-state index contributed by atoms with van der Waals surface area (Å²) in [6.45, 7) is 3.82. The van der Waals surface area contributed by atoms with E-state index < -0.39 is 9.84 Å². The number of aromatic nitrogens is 2. The van der Waals surface area contributed by atoms with Crippen molar-refractivity contribution in [2.24, 2.45) is 10.7 Å². The first-order chi connectivity index (χ1) is 15.7. The molecule has 0 aliphatic carbocycles. The number of ether oxygens (including phenoxy) is 1. The molecule has 0 aliphatic rings. The molecule has 2 N–H and O–H groups in total. The minimum atomic E-state index is -3.40. The lowest BCUT2D eigenvalue weighted by molar-refractivity contribution is 0.283. The zero-order chi connectivity index (χ0) is 24.0. The van der Waals surface area contributed by atoms with Crippen molar-refractivity contribution in [1.82, 2.24) is 10.1 Å². The molecule has 0 saturated carbocycles. The summed E-state index contributed by atoms with van der Waals surface area (Å²) in [7, 11) is -3.40. The molecule has 33 heavy (non-hydrogen) atoms. The average Bonchev–Trinajstić information content (AvgIpc) is 3.28. The van der Waals surface area contributed by atoms with Crippen LogP contribution in [0, 0.1) is 0 Å².